The Balaban J connectivity index is 2.16. The number of hydrogen-bond acceptors (Lipinski definition) is 0. The minimum Gasteiger partial charge on any atom is -0.0651 e. The van der Waals surface area contributed by atoms with E-state index in [0.29, 0.717) is 0 Å². The summed E-state index contributed by atoms with van der Waals surface area (Å²) < 4.78 is 0. The lowest BCUT2D eigenvalue weighted by molar-refractivity contribution is 0.105. The lowest BCUT2D eigenvalue weighted by atomic mass is 9.66. The second-order valence-electron chi connectivity index (χ2n) is 5.08. The molecule has 0 radical (unpaired) electrons. The van der Waals surface area contributed by atoms with Gasteiger partial charge in [0.15, 0.2) is 0 Å². The predicted molar refractivity (Wildman–Crippen MR) is 53.0 cm³/mol. The molecule has 0 nitrogen and oxygen atoms in total. The summed E-state index contributed by atoms with van der Waals surface area (Å²) in [5.74, 6) is 2.01. The van der Waals surface area contributed by atoms with E-state index in [0.717, 1.165) is 22.7 Å². The number of hydrogen-bond donors (Lipinski definition) is 0. The Morgan fingerprint density at radius 1 is 1.33 bits per heavy atom. The Labute approximate surface area is 76.7 Å². The fourth-order valence-corrected chi connectivity index (χ4v) is 4.44. The van der Waals surface area contributed by atoms with E-state index in [-0.39, 0.29) is 0 Å². The highest BCUT2D eigenvalue weighted by Gasteiger charge is 2.79. The van der Waals surface area contributed by atoms with E-state index in [4.69, 9.17) is 0 Å². The Hall–Kier alpha value is 0. The first-order valence-electron chi connectivity index (χ1n) is 5.65. The highest BCUT2D eigenvalue weighted by Crippen LogP contribution is 2.85. The van der Waals surface area contributed by atoms with Gasteiger partial charge in [-0.05, 0) is 41.9 Å². The molecule has 0 N–H and O–H groups in total. The average molecular weight is 166 g/mol. The second-order valence-corrected chi connectivity index (χ2v) is 5.08. The van der Waals surface area contributed by atoms with Gasteiger partial charge in [-0.3, -0.25) is 0 Å². The molecular formula is C12H22. The van der Waals surface area contributed by atoms with E-state index in [1.807, 2.05) is 0 Å². The summed E-state index contributed by atoms with van der Waals surface area (Å²) in [4.78, 5) is 0. The molecule has 0 aromatic heterocycles. The van der Waals surface area contributed by atoms with E-state index in [2.05, 4.69) is 27.7 Å². The average Bonchev–Trinajstić information content (AvgIpc) is 2.40. The van der Waals surface area contributed by atoms with Gasteiger partial charge in [0.2, 0.25) is 0 Å². The molecule has 4 unspecified atom stereocenters. The first-order chi connectivity index (χ1) is 5.65. The third kappa shape index (κ3) is 0.592. The van der Waals surface area contributed by atoms with Crippen LogP contribution in [0.3, 0.4) is 0 Å². The summed E-state index contributed by atoms with van der Waals surface area (Å²) in [6.45, 7) is 9.69. The van der Waals surface area contributed by atoms with Crippen LogP contribution in [-0.2, 0) is 0 Å². The third-order valence-corrected chi connectivity index (χ3v) is 5.55. The molecule has 0 aromatic carbocycles. The van der Waals surface area contributed by atoms with E-state index in [1.165, 1.54) is 25.7 Å². The lowest BCUT2D eigenvalue weighted by Crippen LogP contribution is -2.30. The summed E-state index contributed by atoms with van der Waals surface area (Å²) >= 11 is 0. The highest BCUT2D eigenvalue weighted by molar-refractivity contribution is 5.27. The largest absolute Gasteiger partial charge is 0.0651 e. The van der Waals surface area contributed by atoms with Crippen molar-refractivity contribution >= 4 is 0 Å². The van der Waals surface area contributed by atoms with Crippen LogP contribution in [0.5, 0.6) is 0 Å². The van der Waals surface area contributed by atoms with Gasteiger partial charge in [-0.1, -0.05) is 34.1 Å². The monoisotopic (exact) mass is 166 g/mol. The molecule has 0 aromatic rings. The van der Waals surface area contributed by atoms with Crippen LogP contribution in [0.4, 0.5) is 0 Å². The minimum absolute atomic E-state index is 0.802. The van der Waals surface area contributed by atoms with Gasteiger partial charge in [0.05, 0.1) is 0 Å². The summed E-state index contributed by atoms with van der Waals surface area (Å²) in [7, 11) is 0. The van der Waals surface area contributed by atoms with Gasteiger partial charge in [0.1, 0.15) is 0 Å². The first kappa shape index (κ1) is 8.59. The third-order valence-electron chi connectivity index (χ3n) is 5.55. The molecule has 0 spiro atoms. The molecule has 2 rings (SSSR count). The molecule has 70 valence electrons. The van der Waals surface area contributed by atoms with Gasteiger partial charge in [-0.2, -0.15) is 0 Å². The van der Waals surface area contributed by atoms with Crippen molar-refractivity contribution < 1.29 is 0 Å². The Kier molecular flexibility index (Phi) is 1.63. The van der Waals surface area contributed by atoms with E-state index in [1.54, 1.807) is 0 Å². The highest BCUT2D eigenvalue weighted by atomic mass is 14.8. The van der Waals surface area contributed by atoms with Crippen LogP contribution >= 0.6 is 0 Å². The standard InChI is InChI=1S/C12H22/c1-5-9(3)12-8-7-11(12,6-2)10(12)4/h9-10H,5-8H2,1-4H3. The molecule has 0 saturated heterocycles. The fraction of sp³-hybridized carbons (Fsp3) is 1.00. The fourth-order valence-electron chi connectivity index (χ4n) is 4.44. The molecule has 4 atom stereocenters. The van der Waals surface area contributed by atoms with Gasteiger partial charge < -0.3 is 0 Å². The second kappa shape index (κ2) is 2.27. The zero-order chi connectivity index (χ0) is 8.98. The Bertz CT molecular complexity index is 186. The van der Waals surface area contributed by atoms with E-state index < -0.39 is 0 Å². The maximum Gasteiger partial charge on any atom is -0.0181 e. The topological polar surface area (TPSA) is 0 Å². The minimum atomic E-state index is 0.802. The molecule has 0 heteroatoms. The van der Waals surface area contributed by atoms with Crippen molar-refractivity contribution in [2.24, 2.45) is 22.7 Å². The van der Waals surface area contributed by atoms with Gasteiger partial charge in [0, 0.05) is 0 Å². The van der Waals surface area contributed by atoms with Crippen molar-refractivity contribution in [2.45, 2.75) is 53.4 Å². The van der Waals surface area contributed by atoms with Crippen LogP contribution in [-0.4, -0.2) is 0 Å². The summed E-state index contributed by atoms with van der Waals surface area (Å²) in [5.41, 5.74) is 1.61. The van der Waals surface area contributed by atoms with Crippen molar-refractivity contribution in [2.75, 3.05) is 0 Å². The molecule has 0 heterocycles. The quantitative estimate of drug-likeness (QED) is 0.597. The molecule has 2 fully saturated rings. The van der Waals surface area contributed by atoms with Crippen LogP contribution in [0.25, 0.3) is 0 Å². The molecule has 0 amide bonds. The van der Waals surface area contributed by atoms with Crippen LogP contribution in [0.2, 0.25) is 0 Å². The van der Waals surface area contributed by atoms with Crippen molar-refractivity contribution in [3.05, 3.63) is 0 Å². The first-order valence-corrected chi connectivity index (χ1v) is 5.65. The van der Waals surface area contributed by atoms with E-state index >= 15 is 0 Å². The Morgan fingerprint density at radius 2 is 2.00 bits per heavy atom. The number of fused-ring (bicyclic) bond motifs is 1. The summed E-state index contributed by atoms with van der Waals surface area (Å²) in [6, 6.07) is 0. The van der Waals surface area contributed by atoms with Crippen LogP contribution in [0, 0.1) is 22.7 Å². The molecule has 2 aliphatic rings. The molecule has 12 heavy (non-hydrogen) atoms. The van der Waals surface area contributed by atoms with Gasteiger partial charge in [-0.25, -0.2) is 0 Å². The van der Waals surface area contributed by atoms with Crippen molar-refractivity contribution in [1.29, 1.82) is 0 Å². The van der Waals surface area contributed by atoms with Gasteiger partial charge in [-0.15, -0.1) is 0 Å². The predicted octanol–water partition coefficient (Wildman–Crippen LogP) is 3.86. The van der Waals surface area contributed by atoms with Gasteiger partial charge in [0.25, 0.3) is 0 Å². The van der Waals surface area contributed by atoms with Crippen LogP contribution in [0.1, 0.15) is 53.4 Å². The molecule has 2 saturated carbocycles. The van der Waals surface area contributed by atoms with E-state index in [9.17, 15) is 0 Å². The number of rotatable bonds is 3. The van der Waals surface area contributed by atoms with Crippen molar-refractivity contribution in [3.8, 4) is 0 Å². The normalized spacial score (nSPS) is 52.5. The maximum absolute atomic E-state index is 2.49. The molecule has 0 aliphatic heterocycles. The van der Waals surface area contributed by atoms with Crippen LogP contribution < -0.4 is 0 Å². The van der Waals surface area contributed by atoms with Gasteiger partial charge >= 0.3 is 0 Å². The zero-order valence-corrected chi connectivity index (χ0v) is 8.98. The zero-order valence-electron chi connectivity index (χ0n) is 8.98. The summed E-state index contributed by atoms with van der Waals surface area (Å²) in [5, 5.41) is 0. The molecule has 0 bridgehead atoms. The van der Waals surface area contributed by atoms with Crippen LogP contribution in [0.15, 0.2) is 0 Å². The maximum atomic E-state index is 2.49. The molecular weight excluding hydrogens is 144 g/mol. The van der Waals surface area contributed by atoms with Crippen molar-refractivity contribution in [3.63, 3.8) is 0 Å². The molecule has 2 aliphatic carbocycles. The lowest BCUT2D eigenvalue weighted by Gasteiger charge is -2.39. The SMILES string of the molecule is CCC(C)C12CCC1(CC)C2C. The Morgan fingerprint density at radius 3 is 2.25 bits per heavy atom. The smallest absolute Gasteiger partial charge is 0.0181 e. The summed E-state index contributed by atoms with van der Waals surface area (Å²) in [6.07, 6.45) is 5.86. The van der Waals surface area contributed by atoms with Crippen molar-refractivity contribution in [1.82, 2.24) is 0 Å².